The molecule has 0 aliphatic heterocycles. The Labute approximate surface area is 66.2 Å². The Bertz CT molecular complexity index is 145. The maximum atomic E-state index is 5.76. The van der Waals surface area contributed by atoms with Crippen molar-refractivity contribution in [3.63, 3.8) is 0 Å². The summed E-state index contributed by atoms with van der Waals surface area (Å²) in [5.41, 5.74) is 1.85. The highest BCUT2D eigenvalue weighted by Gasteiger charge is 1.96. The number of alkyl halides is 1. The molecule has 0 atom stereocenters. The fourth-order valence-corrected chi connectivity index (χ4v) is 0.692. The molecule has 52 valence electrons. The highest BCUT2D eigenvalue weighted by atomic mass is 35.5. The molecule has 0 spiro atoms. The largest absolute Gasteiger partial charge is 0.122 e. The molecule has 0 rings (SSSR count). The molecular weight excluding hydrogens is 155 g/mol. The molecule has 2 heteroatoms. The van der Waals surface area contributed by atoms with Crippen LogP contribution in [0, 0.1) is 0 Å². The second-order valence-corrected chi connectivity index (χ2v) is 2.65. The van der Waals surface area contributed by atoms with E-state index in [0.717, 1.165) is 11.1 Å². The van der Waals surface area contributed by atoms with Gasteiger partial charge in [0.05, 0.1) is 0 Å². The minimum absolute atomic E-state index is 0.478. The predicted molar refractivity (Wildman–Crippen MR) is 44.1 cm³/mol. The molecule has 0 amide bonds. The van der Waals surface area contributed by atoms with Crippen LogP contribution < -0.4 is 0 Å². The normalized spacial score (nSPS) is 12.9. The lowest BCUT2D eigenvalue weighted by Crippen LogP contribution is -1.82. The summed E-state index contributed by atoms with van der Waals surface area (Å²) in [7, 11) is 0. The van der Waals surface area contributed by atoms with Gasteiger partial charge in [-0.05, 0) is 25.0 Å². The van der Waals surface area contributed by atoms with Crippen molar-refractivity contribution in [3.05, 3.63) is 22.8 Å². The monoisotopic (exact) mass is 164 g/mol. The van der Waals surface area contributed by atoms with E-state index in [2.05, 4.69) is 6.58 Å². The van der Waals surface area contributed by atoms with E-state index in [1.54, 1.807) is 0 Å². The van der Waals surface area contributed by atoms with Crippen LogP contribution in [0.3, 0.4) is 0 Å². The van der Waals surface area contributed by atoms with Gasteiger partial charge in [0.15, 0.2) is 0 Å². The van der Waals surface area contributed by atoms with Crippen molar-refractivity contribution >= 4 is 23.2 Å². The topological polar surface area (TPSA) is 0 Å². The van der Waals surface area contributed by atoms with E-state index in [4.69, 9.17) is 23.2 Å². The van der Waals surface area contributed by atoms with Gasteiger partial charge < -0.3 is 0 Å². The van der Waals surface area contributed by atoms with Gasteiger partial charge in [0, 0.05) is 10.9 Å². The first-order valence-corrected chi connectivity index (χ1v) is 3.58. The summed E-state index contributed by atoms with van der Waals surface area (Å²) in [5.74, 6) is 0.478. The summed E-state index contributed by atoms with van der Waals surface area (Å²) in [6.07, 6.45) is 0. The van der Waals surface area contributed by atoms with E-state index < -0.39 is 0 Å². The Morgan fingerprint density at radius 1 is 1.44 bits per heavy atom. The van der Waals surface area contributed by atoms with Gasteiger partial charge in [-0.2, -0.15) is 0 Å². The van der Waals surface area contributed by atoms with Crippen LogP contribution in [0.1, 0.15) is 13.8 Å². The van der Waals surface area contributed by atoms with Crippen LogP contribution in [0.2, 0.25) is 0 Å². The SMILES string of the molecule is C=C(C)C(Cl)=C(C)CCl. The number of hydrogen-bond acceptors (Lipinski definition) is 0. The molecular formula is C7H10Cl2. The number of halogens is 2. The van der Waals surface area contributed by atoms with E-state index in [-0.39, 0.29) is 0 Å². The quantitative estimate of drug-likeness (QED) is 0.435. The first kappa shape index (κ1) is 9.06. The summed E-state index contributed by atoms with van der Waals surface area (Å²) >= 11 is 11.3. The van der Waals surface area contributed by atoms with E-state index in [9.17, 15) is 0 Å². The highest BCUT2D eigenvalue weighted by molar-refractivity contribution is 6.33. The molecule has 0 saturated heterocycles. The first-order valence-electron chi connectivity index (χ1n) is 2.66. The molecule has 0 bridgehead atoms. The third-order valence-electron chi connectivity index (χ3n) is 0.950. The molecule has 0 heterocycles. The maximum Gasteiger partial charge on any atom is 0.0448 e. The molecule has 0 aromatic heterocycles. The van der Waals surface area contributed by atoms with Crippen molar-refractivity contribution in [2.75, 3.05) is 5.88 Å². The third-order valence-corrected chi connectivity index (χ3v) is 2.00. The van der Waals surface area contributed by atoms with Gasteiger partial charge in [-0.15, -0.1) is 11.6 Å². The van der Waals surface area contributed by atoms with Gasteiger partial charge in [0.2, 0.25) is 0 Å². The summed E-state index contributed by atoms with van der Waals surface area (Å²) in [6, 6.07) is 0. The van der Waals surface area contributed by atoms with Crippen molar-refractivity contribution in [3.8, 4) is 0 Å². The summed E-state index contributed by atoms with van der Waals surface area (Å²) in [5, 5.41) is 0.699. The number of allylic oxidation sites excluding steroid dienone is 3. The fourth-order valence-electron chi connectivity index (χ4n) is 0.423. The molecule has 0 aromatic rings. The van der Waals surface area contributed by atoms with Crippen molar-refractivity contribution in [2.24, 2.45) is 0 Å². The van der Waals surface area contributed by atoms with Crippen LogP contribution in [-0.4, -0.2) is 5.88 Å². The van der Waals surface area contributed by atoms with Crippen LogP contribution in [0.15, 0.2) is 22.8 Å². The van der Waals surface area contributed by atoms with Crippen molar-refractivity contribution in [1.29, 1.82) is 0 Å². The van der Waals surface area contributed by atoms with Gasteiger partial charge in [-0.25, -0.2) is 0 Å². The second-order valence-electron chi connectivity index (χ2n) is 2.01. The minimum Gasteiger partial charge on any atom is -0.122 e. The third kappa shape index (κ3) is 2.92. The highest BCUT2D eigenvalue weighted by Crippen LogP contribution is 2.17. The molecule has 0 unspecified atom stereocenters. The molecule has 0 N–H and O–H groups in total. The first-order chi connectivity index (χ1) is 4.09. The number of hydrogen-bond donors (Lipinski definition) is 0. The van der Waals surface area contributed by atoms with E-state index >= 15 is 0 Å². The smallest absolute Gasteiger partial charge is 0.0448 e. The van der Waals surface area contributed by atoms with Crippen LogP contribution in [0.4, 0.5) is 0 Å². The van der Waals surface area contributed by atoms with Crippen LogP contribution >= 0.6 is 23.2 Å². The van der Waals surface area contributed by atoms with E-state index in [0.29, 0.717) is 10.9 Å². The van der Waals surface area contributed by atoms with Crippen LogP contribution in [0.25, 0.3) is 0 Å². The van der Waals surface area contributed by atoms with Crippen molar-refractivity contribution < 1.29 is 0 Å². The second kappa shape index (κ2) is 3.97. The molecule has 9 heavy (non-hydrogen) atoms. The van der Waals surface area contributed by atoms with Gasteiger partial charge in [0.1, 0.15) is 0 Å². The minimum atomic E-state index is 0.478. The van der Waals surface area contributed by atoms with Gasteiger partial charge >= 0.3 is 0 Å². The molecule has 0 saturated carbocycles. The molecule has 0 nitrogen and oxygen atoms in total. The predicted octanol–water partition coefficient (Wildman–Crippen LogP) is 3.31. The van der Waals surface area contributed by atoms with E-state index in [1.165, 1.54) is 0 Å². The van der Waals surface area contributed by atoms with Crippen LogP contribution in [-0.2, 0) is 0 Å². The maximum absolute atomic E-state index is 5.76. The summed E-state index contributed by atoms with van der Waals surface area (Å²) in [6.45, 7) is 7.43. The summed E-state index contributed by atoms with van der Waals surface area (Å²) in [4.78, 5) is 0. The molecule has 0 radical (unpaired) electrons. The van der Waals surface area contributed by atoms with Crippen LogP contribution in [0.5, 0.6) is 0 Å². The molecule has 0 fully saturated rings. The lowest BCUT2D eigenvalue weighted by atomic mass is 10.2. The molecule has 0 aromatic carbocycles. The van der Waals surface area contributed by atoms with Gasteiger partial charge in [-0.1, -0.05) is 18.2 Å². The zero-order chi connectivity index (χ0) is 7.44. The Morgan fingerprint density at radius 3 is 2.00 bits per heavy atom. The fraction of sp³-hybridized carbons (Fsp3) is 0.429. The van der Waals surface area contributed by atoms with Crippen molar-refractivity contribution in [1.82, 2.24) is 0 Å². The number of rotatable bonds is 2. The Morgan fingerprint density at radius 2 is 1.89 bits per heavy atom. The lowest BCUT2D eigenvalue weighted by molar-refractivity contribution is 1.34. The average molecular weight is 165 g/mol. The zero-order valence-corrected chi connectivity index (χ0v) is 7.18. The molecule has 0 aliphatic carbocycles. The molecule has 0 aliphatic rings. The van der Waals surface area contributed by atoms with Crippen molar-refractivity contribution in [2.45, 2.75) is 13.8 Å². The Kier molecular flexibility index (Phi) is 4.00. The average Bonchev–Trinajstić information content (AvgIpc) is 1.84. The zero-order valence-electron chi connectivity index (χ0n) is 5.67. The Hall–Kier alpha value is 0.0600. The summed E-state index contributed by atoms with van der Waals surface area (Å²) < 4.78 is 0. The van der Waals surface area contributed by atoms with E-state index in [1.807, 2.05) is 13.8 Å². The Balaban J connectivity index is 4.28. The van der Waals surface area contributed by atoms with Gasteiger partial charge in [-0.3, -0.25) is 0 Å². The van der Waals surface area contributed by atoms with Gasteiger partial charge in [0.25, 0.3) is 0 Å². The lowest BCUT2D eigenvalue weighted by Gasteiger charge is -1.99. The standard InChI is InChI=1S/C7H10Cl2/c1-5(2)7(9)6(3)4-8/h1,4H2,2-3H3.